The van der Waals surface area contributed by atoms with Gasteiger partial charge >= 0.3 is 11.9 Å². The maximum absolute atomic E-state index is 13.1. The lowest BCUT2D eigenvalue weighted by molar-refractivity contribution is 0.0477. The van der Waals surface area contributed by atoms with Gasteiger partial charge in [-0.1, -0.05) is 29.8 Å². The lowest BCUT2D eigenvalue weighted by Crippen LogP contribution is -2.16. The van der Waals surface area contributed by atoms with Gasteiger partial charge in [0.05, 0.1) is 18.8 Å². The zero-order valence-corrected chi connectivity index (χ0v) is 17.5. The SMILES string of the molecule is CCOC(=O)c1c(C(=O)OCC)c(-c2ccc(C)cc2)c2cc3c(cc2c1O)OCO3. The molecule has 0 aromatic heterocycles. The fourth-order valence-corrected chi connectivity index (χ4v) is 3.69. The molecule has 0 bridgehead atoms. The third kappa shape index (κ3) is 3.52. The van der Waals surface area contributed by atoms with E-state index in [1.54, 1.807) is 26.0 Å². The van der Waals surface area contributed by atoms with Crippen LogP contribution >= 0.6 is 0 Å². The summed E-state index contributed by atoms with van der Waals surface area (Å²) in [7, 11) is 0. The van der Waals surface area contributed by atoms with Crippen molar-refractivity contribution < 1.29 is 33.6 Å². The number of aryl methyl sites for hydroxylation is 1. The molecule has 1 N–H and O–H groups in total. The molecular formula is C24H22O7. The summed E-state index contributed by atoms with van der Waals surface area (Å²) in [6, 6.07) is 10.8. The van der Waals surface area contributed by atoms with E-state index in [4.69, 9.17) is 18.9 Å². The summed E-state index contributed by atoms with van der Waals surface area (Å²) < 4.78 is 21.4. The van der Waals surface area contributed by atoms with Gasteiger partial charge in [-0.2, -0.15) is 0 Å². The topological polar surface area (TPSA) is 91.3 Å². The minimum atomic E-state index is -0.809. The monoisotopic (exact) mass is 422 g/mol. The molecule has 3 aromatic carbocycles. The van der Waals surface area contributed by atoms with Gasteiger partial charge in [0.2, 0.25) is 6.79 Å². The van der Waals surface area contributed by atoms with E-state index in [2.05, 4.69) is 0 Å². The average Bonchev–Trinajstić information content (AvgIpc) is 3.21. The highest BCUT2D eigenvalue weighted by Crippen LogP contribution is 2.46. The summed E-state index contributed by atoms with van der Waals surface area (Å²) in [4.78, 5) is 25.9. The first kappa shape index (κ1) is 20.5. The van der Waals surface area contributed by atoms with Gasteiger partial charge in [0.25, 0.3) is 0 Å². The standard InChI is InChI=1S/C24H22O7/c1-4-28-23(26)20-19(14-8-6-13(3)7-9-14)15-10-17-18(31-12-30-17)11-16(15)22(25)21(20)24(27)29-5-2/h6-11,25H,4-5,12H2,1-3H3. The van der Waals surface area contributed by atoms with Gasteiger partial charge in [0.1, 0.15) is 11.3 Å². The first-order valence-corrected chi connectivity index (χ1v) is 9.99. The van der Waals surface area contributed by atoms with Crippen LogP contribution in [0, 0.1) is 6.92 Å². The number of benzene rings is 3. The molecule has 0 saturated carbocycles. The van der Waals surface area contributed by atoms with Gasteiger partial charge in [-0.3, -0.25) is 0 Å². The van der Waals surface area contributed by atoms with Crippen molar-refractivity contribution in [3.63, 3.8) is 0 Å². The van der Waals surface area contributed by atoms with Crippen molar-refractivity contribution in [2.24, 2.45) is 0 Å². The van der Waals surface area contributed by atoms with Crippen LogP contribution in [0.5, 0.6) is 17.2 Å². The molecule has 0 aliphatic carbocycles. The summed E-state index contributed by atoms with van der Waals surface area (Å²) in [5.74, 6) is -0.979. The number of aromatic hydroxyl groups is 1. The highest BCUT2D eigenvalue weighted by Gasteiger charge is 2.32. The van der Waals surface area contributed by atoms with Crippen LogP contribution in [0.3, 0.4) is 0 Å². The Morgan fingerprint density at radius 2 is 1.45 bits per heavy atom. The van der Waals surface area contributed by atoms with E-state index in [0.29, 0.717) is 33.4 Å². The Hall–Kier alpha value is -3.74. The Morgan fingerprint density at radius 3 is 2.03 bits per heavy atom. The van der Waals surface area contributed by atoms with Crippen LogP contribution < -0.4 is 9.47 Å². The number of fused-ring (bicyclic) bond motifs is 2. The predicted octanol–water partition coefficient (Wildman–Crippen LogP) is 4.60. The molecule has 1 aliphatic rings. The first-order valence-electron chi connectivity index (χ1n) is 9.99. The molecule has 7 nitrogen and oxygen atoms in total. The van der Waals surface area contributed by atoms with Crippen molar-refractivity contribution in [3.05, 3.63) is 53.1 Å². The second kappa shape index (κ2) is 8.18. The van der Waals surface area contributed by atoms with E-state index in [-0.39, 0.29) is 36.9 Å². The van der Waals surface area contributed by atoms with E-state index in [0.717, 1.165) is 5.56 Å². The number of hydrogen-bond acceptors (Lipinski definition) is 7. The Labute approximate surface area is 179 Å². The number of phenolic OH excluding ortho intramolecular Hbond substituents is 1. The molecule has 4 rings (SSSR count). The third-order valence-corrected chi connectivity index (χ3v) is 5.07. The zero-order chi connectivity index (χ0) is 22.1. The summed E-state index contributed by atoms with van der Waals surface area (Å²) >= 11 is 0. The molecule has 31 heavy (non-hydrogen) atoms. The minimum absolute atomic E-state index is 0.0434. The molecule has 0 spiro atoms. The van der Waals surface area contributed by atoms with Crippen LogP contribution in [0.15, 0.2) is 36.4 Å². The van der Waals surface area contributed by atoms with E-state index in [1.807, 2.05) is 31.2 Å². The largest absolute Gasteiger partial charge is 0.506 e. The van der Waals surface area contributed by atoms with Gasteiger partial charge in [-0.05, 0) is 43.9 Å². The lowest BCUT2D eigenvalue weighted by Gasteiger charge is -2.19. The number of phenols is 1. The van der Waals surface area contributed by atoms with Crippen LogP contribution in [0.4, 0.5) is 0 Å². The maximum atomic E-state index is 13.1. The fourth-order valence-electron chi connectivity index (χ4n) is 3.69. The molecular weight excluding hydrogens is 400 g/mol. The number of hydrogen-bond donors (Lipinski definition) is 1. The summed E-state index contributed by atoms with van der Waals surface area (Å²) in [6.45, 7) is 5.51. The number of ether oxygens (including phenoxy) is 4. The molecule has 0 saturated heterocycles. The molecule has 1 aliphatic heterocycles. The van der Waals surface area contributed by atoms with Crippen LogP contribution in [0.2, 0.25) is 0 Å². The first-order chi connectivity index (χ1) is 15.0. The third-order valence-electron chi connectivity index (χ3n) is 5.07. The Balaban J connectivity index is 2.16. The van der Waals surface area contributed by atoms with Crippen molar-refractivity contribution >= 4 is 22.7 Å². The van der Waals surface area contributed by atoms with Gasteiger partial charge in [0.15, 0.2) is 11.5 Å². The second-order valence-electron chi connectivity index (χ2n) is 7.03. The Morgan fingerprint density at radius 1 is 0.903 bits per heavy atom. The summed E-state index contributed by atoms with van der Waals surface area (Å²) in [6.07, 6.45) is 0. The van der Waals surface area contributed by atoms with Gasteiger partial charge in [-0.25, -0.2) is 9.59 Å². The predicted molar refractivity (Wildman–Crippen MR) is 114 cm³/mol. The number of esters is 2. The molecule has 0 atom stereocenters. The lowest BCUT2D eigenvalue weighted by atomic mass is 9.88. The van der Waals surface area contributed by atoms with E-state index in [1.165, 1.54) is 0 Å². The van der Waals surface area contributed by atoms with E-state index >= 15 is 0 Å². The van der Waals surface area contributed by atoms with Crippen LogP contribution in [-0.4, -0.2) is 37.1 Å². The normalized spacial score (nSPS) is 12.1. The maximum Gasteiger partial charge on any atom is 0.342 e. The van der Waals surface area contributed by atoms with Crippen LogP contribution in [-0.2, 0) is 9.47 Å². The van der Waals surface area contributed by atoms with Crippen molar-refractivity contribution in [1.29, 1.82) is 0 Å². The minimum Gasteiger partial charge on any atom is -0.506 e. The highest BCUT2D eigenvalue weighted by atomic mass is 16.7. The zero-order valence-electron chi connectivity index (χ0n) is 17.5. The smallest absolute Gasteiger partial charge is 0.342 e. The number of carbonyl (C=O) groups excluding carboxylic acids is 2. The molecule has 1 heterocycles. The molecule has 0 fully saturated rings. The van der Waals surface area contributed by atoms with E-state index < -0.39 is 11.9 Å². The van der Waals surface area contributed by atoms with Crippen molar-refractivity contribution in [1.82, 2.24) is 0 Å². The van der Waals surface area contributed by atoms with Crippen molar-refractivity contribution in [3.8, 4) is 28.4 Å². The van der Waals surface area contributed by atoms with E-state index in [9.17, 15) is 14.7 Å². The Bertz CT molecular complexity index is 1180. The molecule has 0 amide bonds. The highest BCUT2D eigenvalue weighted by molar-refractivity contribution is 6.18. The second-order valence-corrected chi connectivity index (χ2v) is 7.03. The van der Waals surface area contributed by atoms with Gasteiger partial charge in [-0.15, -0.1) is 0 Å². The van der Waals surface area contributed by atoms with Crippen LogP contribution in [0.1, 0.15) is 40.1 Å². The van der Waals surface area contributed by atoms with Gasteiger partial charge < -0.3 is 24.1 Å². The number of rotatable bonds is 5. The van der Waals surface area contributed by atoms with Crippen LogP contribution in [0.25, 0.3) is 21.9 Å². The Kier molecular flexibility index (Phi) is 5.42. The molecule has 0 unspecified atom stereocenters. The molecule has 7 heteroatoms. The summed E-state index contributed by atoms with van der Waals surface area (Å²) in [5.41, 5.74) is 1.89. The number of carbonyl (C=O) groups is 2. The van der Waals surface area contributed by atoms with Crippen molar-refractivity contribution in [2.45, 2.75) is 20.8 Å². The average molecular weight is 422 g/mol. The molecule has 3 aromatic rings. The van der Waals surface area contributed by atoms with Gasteiger partial charge in [0, 0.05) is 10.9 Å². The summed E-state index contributed by atoms with van der Waals surface area (Å²) in [5, 5.41) is 12.0. The molecule has 160 valence electrons. The van der Waals surface area contributed by atoms with Crippen molar-refractivity contribution in [2.75, 3.05) is 20.0 Å². The molecule has 0 radical (unpaired) electrons. The fraction of sp³-hybridized carbons (Fsp3) is 0.250. The quantitative estimate of drug-likeness (QED) is 0.601.